The zero-order chi connectivity index (χ0) is 22.5. The van der Waals surface area contributed by atoms with Gasteiger partial charge in [0.25, 0.3) is 5.91 Å². The molecule has 1 fully saturated rings. The highest BCUT2D eigenvalue weighted by atomic mass is 16.2. The second kappa shape index (κ2) is 9.51. The van der Waals surface area contributed by atoms with Gasteiger partial charge < -0.3 is 20.9 Å². The Morgan fingerprint density at radius 2 is 1.81 bits per heavy atom. The molecule has 0 saturated carbocycles. The molecule has 7 nitrogen and oxygen atoms in total. The van der Waals surface area contributed by atoms with Crippen LogP contribution in [0.2, 0.25) is 0 Å². The summed E-state index contributed by atoms with van der Waals surface area (Å²) in [5.74, 6) is 0.156. The summed E-state index contributed by atoms with van der Waals surface area (Å²) in [6.45, 7) is 1.41. The molecule has 3 aromatic rings. The Labute approximate surface area is 187 Å². The number of para-hydroxylation sites is 2. The lowest BCUT2D eigenvalue weighted by Crippen LogP contribution is -2.41. The van der Waals surface area contributed by atoms with Gasteiger partial charge in [0.05, 0.1) is 29.1 Å². The van der Waals surface area contributed by atoms with Crippen LogP contribution in [0.1, 0.15) is 23.2 Å². The van der Waals surface area contributed by atoms with Gasteiger partial charge in [0.1, 0.15) is 5.82 Å². The van der Waals surface area contributed by atoms with E-state index in [1.54, 1.807) is 6.20 Å². The average molecular weight is 430 g/mol. The third kappa shape index (κ3) is 4.72. The van der Waals surface area contributed by atoms with E-state index < -0.39 is 0 Å². The Balaban J connectivity index is 1.47. The van der Waals surface area contributed by atoms with E-state index in [2.05, 4.69) is 15.2 Å². The highest BCUT2D eigenvalue weighted by molar-refractivity contribution is 6.08. The molecular weight excluding hydrogens is 402 g/mol. The summed E-state index contributed by atoms with van der Waals surface area (Å²) in [6.07, 6.45) is 3.36. The molecule has 1 atom stereocenters. The molecule has 4 rings (SSSR count). The van der Waals surface area contributed by atoms with Crippen molar-refractivity contribution in [2.45, 2.75) is 12.8 Å². The second-order valence-corrected chi connectivity index (χ2v) is 7.96. The summed E-state index contributed by atoms with van der Waals surface area (Å²) < 4.78 is 0. The first kappa shape index (κ1) is 21.4. The van der Waals surface area contributed by atoms with E-state index in [4.69, 9.17) is 5.73 Å². The summed E-state index contributed by atoms with van der Waals surface area (Å²) in [7, 11) is 1.94. The number of primary amides is 1. The lowest BCUT2D eigenvalue weighted by molar-refractivity contribution is -0.122. The number of carbonyl (C=O) groups is 2. The third-order valence-electron chi connectivity index (χ3n) is 5.81. The summed E-state index contributed by atoms with van der Waals surface area (Å²) in [5, 5.41) is 2.94. The number of anilines is 4. The summed E-state index contributed by atoms with van der Waals surface area (Å²) >= 11 is 0. The second-order valence-electron chi connectivity index (χ2n) is 7.96. The van der Waals surface area contributed by atoms with E-state index in [9.17, 15) is 9.59 Å². The first-order valence-corrected chi connectivity index (χ1v) is 10.7. The maximum absolute atomic E-state index is 13.0. The van der Waals surface area contributed by atoms with Crippen LogP contribution in [-0.2, 0) is 4.79 Å². The first-order valence-electron chi connectivity index (χ1n) is 10.7. The van der Waals surface area contributed by atoms with E-state index in [1.807, 2.05) is 78.7 Å². The minimum Gasteiger partial charge on any atom is -0.369 e. The molecule has 7 heteroatoms. The lowest BCUT2D eigenvalue weighted by atomic mass is 9.97. The van der Waals surface area contributed by atoms with Gasteiger partial charge in [-0.2, -0.15) is 0 Å². The van der Waals surface area contributed by atoms with Gasteiger partial charge in [-0.05, 0) is 49.2 Å². The van der Waals surface area contributed by atoms with E-state index >= 15 is 0 Å². The number of aromatic nitrogens is 1. The van der Waals surface area contributed by atoms with Crippen LogP contribution in [0.25, 0.3) is 0 Å². The SMILES string of the molecule is CN(c1ccccc1)c1ccccc1C(=O)Nc1ccc(N2CCCC(C(N)=O)C2)nc1. The summed E-state index contributed by atoms with van der Waals surface area (Å²) in [4.78, 5) is 33.1. The van der Waals surface area contributed by atoms with Crippen molar-refractivity contribution in [3.8, 4) is 0 Å². The Kier molecular flexibility index (Phi) is 6.35. The van der Waals surface area contributed by atoms with Gasteiger partial charge in [0.2, 0.25) is 5.91 Å². The van der Waals surface area contributed by atoms with Gasteiger partial charge in [-0.3, -0.25) is 9.59 Å². The van der Waals surface area contributed by atoms with Gasteiger partial charge in [-0.15, -0.1) is 0 Å². The van der Waals surface area contributed by atoms with Gasteiger partial charge in [0.15, 0.2) is 0 Å². The summed E-state index contributed by atoms with van der Waals surface area (Å²) in [5.41, 5.74) is 8.46. The molecule has 164 valence electrons. The minimum atomic E-state index is -0.266. The molecule has 0 aliphatic carbocycles. The van der Waals surface area contributed by atoms with Gasteiger partial charge in [0, 0.05) is 25.8 Å². The first-order chi connectivity index (χ1) is 15.5. The van der Waals surface area contributed by atoms with Crippen LogP contribution in [-0.4, -0.2) is 36.9 Å². The standard InChI is InChI=1S/C25H27N5O2/c1-29(20-9-3-2-4-10-20)22-12-6-5-11-21(22)25(32)28-19-13-14-23(27-16-19)30-15-7-8-18(17-30)24(26)31/h2-6,9-14,16,18H,7-8,15,17H2,1H3,(H2,26,31)(H,28,32). The number of nitrogens with one attached hydrogen (secondary N) is 1. The van der Waals surface area contributed by atoms with E-state index in [1.165, 1.54) is 0 Å². The predicted octanol–water partition coefficient (Wildman–Crippen LogP) is 3.80. The number of rotatable bonds is 6. The summed E-state index contributed by atoms with van der Waals surface area (Å²) in [6, 6.07) is 21.1. The maximum Gasteiger partial charge on any atom is 0.257 e. The fourth-order valence-electron chi connectivity index (χ4n) is 4.01. The molecule has 2 aromatic carbocycles. The number of piperidine rings is 1. The normalized spacial score (nSPS) is 15.8. The molecule has 1 aromatic heterocycles. The number of nitrogens with two attached hydrogens (primary N) is 1. The van der Waals surface area contributed by atoms with Gasteiger partial charge in [-0.1, -0.05) is 30.3 Å². The molecule has 3 N–H and O–H groups in total. The topological polar surface area (TPSA) is 91.6 Å². The van der Waals surface area contributed by atoms with Crippen molar-refractivity contribution in [2.24, 2.45) is 11.7 Å². The fraction of sp³-hybridized carbons (Fsp3) is 0.240. The fourth-order valence-corrected chi connectivity index (χ4v) is 4.01. The van der Waals surface area contributed by atoms with Crippen molar-refractivity contribution in [1.29, 1.82) is 0 Å². The van der Waals surface area contributed by atoms with Crippen LogP contribution in [0.3, 0.4) is 0 Å². The van der Waals surface area contributed by atoms with Crippen molar-refractivity contribution in [3.05, 3.63) is 78.5 Å². The molecule has 1 aliphatic rings. The molecule has 1 saturated heterocycles. The quantitative estimate of drug-likeness (QED) is 0.622. The Bertz CT molecular complexity index is 1090. The van der Waals surface area contributed by atoms with Crippen LogP contribution < -0.4 is 20.9 Å². The van der Waals surface area contributed by atoms with Crippen molar-refractivity contribution in [3.63, 3.8) is 0 Å². The van der Waals surface area contributed by atoms with E-state index in [0.29, 0.717) is 17.8 Å². The average Bonchev–Trinajstić information content (AvgIpc) is 2.84. The number of hydrogen-bond acceptors (Lipinski definition) is 5. The van der Waals surface area contributed by atoms with Crippen LogP contribution in [0.5, 0.6) is 0 Å². The number of nitrogens with zero attached hydrogens (tertiary/aromatic N) is 3. The van der Waals surface area contributed by atoms with Crippen molar-refractivity contribution < 1.29 is 9.59 Å². The zero-order valence-electron chi connectivity index (χ0n) is 18.1. The Morgan fingerprint density at radius 1 is 1.06 bits per heavy atom. The lowest BCUT2D eigenvalue weighted by Gasteiger charge is -2.32. The third-order valence-corrected chi connectivity index (χ3v) is 5.81. The highest BCUT2D eigenvalue weighted by Crippen LogP contribution is 2.28. The Morgan fingerprint density at radius 3 is 2.53 bits per heavy atom. The maximum atomic E-state index is 13.0. The number of benzene rings is 2. The Hall–Kier alpha value is -3.87. The number of amides is 2. The van der Waals surface area contributed by atoms with E-state index in [0.717, 1.165) is 36.6 Å². The molecule has 1 unspecified atom stereocenters. The van der Waals surface area contributed by atoms with Gasteiger partial charge in [-0.25, -0.2) is 4.98 Å². The molecule has 0 radical (unpaired) electrons. The van der Waals surface area contributed by atoms with E-state index in [-0.39, 0.29) is 17.7 Å². The van der Waals surface area contributed by atoms with Crippen molar-refractivity contribution in [1.82, 2.24) is 4.98 Å². The molecule has 2 heterocycles. The number of hydrogen-bond donors (Lipinski definition) is 2. The molecule has 0 spiro atoms. The predicted molar refractivity (Wildman–Crippen MR) is 127 cm³/mol. The highest BCUT2D eigenvalue weighted by Gasteiger charge is 2.24. The smallest absolute Gasteiger partial charge is 0.257 e. The largest absolute Gasteiger partial charge is 0.369 e. The van der Waals surface area contributed by atoms with Crippen LogP contribution in [0, 0.1) is 5.92 Å². The molecule has 1 aliphatic heterocycles. The molecule has 2 amide bonds. The van der Waals surface area contributed by atoms with Crippen LogP contribution in [0.4, 0.5) is 22.9 Å². The number of carbonyl (C=O) groups excluding carboxylic acids is 2. The molecule has 0 bridgehead atoms. The van der Waals surface area contributed by atoms with Crippen molar-refractivity contribution in [2.75, 3.05) is 35.3 Å². The van der Waals surface area contributed by atoms with Crippen molar-refractivity contribution >= 4 is 34.7 Å². The van der Waals surface area contributed by atoms with Crippen LogP contribution in [0.15, 0.2) is 72.9 Å². The molecular formula is C25H27N5O2. The molecule has 32 heavy (non-hydrogen) atoms. The number of pyridine rings is 1. The minimum absolute atomic E-state index is 0.150. The van der Waals surface area contributed by atoms with Crippen LogP contribution >= 0.6 is 0 Å². The zero-order valence-corrected chi connectivity index (χ0v) is 18.1. The monoisotopic (exact) mass is 429 g/mol. The van der Waals surface area contributed by atoms with Gasteiger partial charge >= 0.3 is 0 Å².